The summed E-state index contributed by atoms with van der Waals surface area (Å²) in [6, 6.07) is 0.378. The SMILES string of the molecule is CCCC1CCC(NO)CC1. The van der Waals surface area contributed by atoms with E-state index in [-0.39, 0.29) is 0 Å². The van der Waals surface area contributed by atoms with Gasteiger partial charge in [-0.15, -0.1) is 0 Å². The molecule has 1 rings (SSSR count). The third kappa shape index (κ3) is 2.80. The zero-order valence-electron chi connectivity index (χ0n) is 7.34. The van der Waals surface area contributed by atoms with Crippen LogP contribution in [0.5, 0.6) is 0 Å². The number of nitrogens with one attached hydrogen (secondary N) is 1. The Hall–Kier alpha value is -0.0800. The highest BCUT2D eigenvalue weighted by atomic mass is 16.5. The number of hydroxylamine groups is 1. The monoisotopic (exact) mass is 157 g/mol. The predicted molar refractivity (Wildman–Crippen MR) is 45.6 cm³/mol. The van der Waals surface area contributed by atoms with Crippen molar-refractivity contribution in [2.45, 2.75) is 51.5 Å². The molecule has 0 saturated heterocycles. The van der Waals surface area contributed by atoms with E-state index in [9.17, 15) is 0 Å². The Morgan fingerprint density at radius 2 is 1.91 bits per heavy atom. The Labute approximate surface area is 69.0 Å². The minimum atomic E-state index is 0.378. The molecular weight excluding hydrogens is 138 g/mol. The van der Waals surface area contributed by atoms with Gasteiger partial charge in [-0.25, -0.2) is 5.48 Å². The Balaban J connectivity index is 2.14. The third-order valence-corrected chi connectivity index (χ3v) is 2.73. The van der Waals surface area contributed by atoms with Gasteiger partial charge in [0.05, 0.1) is 0 Å². The lowest BCUT2D eigenvalue weighted by Crippen LogP contribution is -2.30. The van der Waals surface area contributed by atoms with E-state index in [0.29, 0.717) is 6.04 Å². The van der Waals surface area contributed by atoms with Gasteiger partial charge in [0.15, 0.2) is 0 Å². The van der Waals surface area contributed by atoms with E-state index >= 15 is 0 Å². The van der Waals surface area contributed by atoms with Gasteiger partial charge in [-0.3, -0.25) is 0 Å². The van der Waals surface area contributed by atoms with Crippen LogP contribution in [0.15, 0.2) is 0 Å². The molecule has 0 aromatic rings. The summed E-state index contributed by atoms with van der Waals surface area (Å²) in [5, 5.41) is 8.66. The number of rotatable bonds is 3. The summed E-state index contributed by atoms with van der Waals surface area (Å²) in [5.41, 5.74) is 2.37. The van der Waals surface area contributed by atoms with Crippen molar-refractivity contribution >= 4 is 0 Å². The molecule has 1 aliphatic rings. The Kier molecular flexibility index (Phi) is 3.87. The third-order valence-electron chi connectivity index (χ3n) is 2.73. The van der Waals surface area contributed by atoms with Gasteiger partial charge in [0, 0.05) is 6.04 Å². The summed E-state index contributed by atoms with van der Waals surface area (Å²) in [5.74, 6) is 0.935. The molecule has 0 unspecified atom stereocenters. The lowest BCUT2D eigenvalue weighted by Gasteiger charge is -2.26. The van der Waals surface area contributed by atoms with E-state index in [0.717, 1.165) is 18.8 Å². The van der Waals surface area contributed by atoms with Crippen LogP contribution in [0.3, 0.4) is 0 Å². The molecule has 1 saturated carbocycles. The van der Waals surface area contributed by atoms with E-state index in [1.54, 1.807) is 0 Å². The second-order valence-corrected chi connectivity index (χ2v) is 3.64. The smallest absolute Gasteiger partial charge is 0.0319 e. The maximum atomic E-state index is 8.66. The van der Waals surface area contributed by atoms with Crippen molar-refractivity contribution in [3.8, 4) is 0 Å². The van der Waals surface area contributed by atoms with Crippen molar-refractivity contribution in [3.63, 3.8) is 0 Å². The molecule has 66 valence electrons. The van der Waals surface area contributed by atoms with E-state index in [1.807, 2.05) is 0 Å². The largest absolute Gasteiger partial charge is 0.317 e. The molecule has 0 amide bonds. The Bertz CT molecular complexity index is 97.7. The highest BCUT2D eigenvalue weighted by Crippen LogP contribution is 2.27. The molecule has 2 N–H and O–H groups in total. The molecule has 0 heterocycles. The van der Waals surface area contributed by atoms with Gasteiger partial charge in [-0.1, -0.05) is 19.8 Å². The van der Waals surface area contributed by atoms with E-state index in [4.69, 9.17) is 5.21 Å². The molecule has 2 nitrogen and oxygen atoms in total. The quantitative estimate of drug-likeness (QED) is 0.616. The van der Waals surface area contributed by atoms with E-state index in [1.165, 1.54) is 25.7 Å². The van der Waals surface area contributed by atoms with Crippen molar-refractivity contribution in [3.05, 3.63) is 0 Å². The fourth-order valence-corrected chi connectivity index (χ4v) is 1.99. The van der Waals surface area contributed by atoms with Gasteiger partial charge in [-0.05, 0) is 31.6 Å². The molecule has 1 aliphatic carbocycles. The fourth-order valence-electron chi connectivity index (χ4n) is 1.99. The highest BCUT2D eigenvalue weighted by Gasteiger charge is 2.19. The van der Waals surface area contributed by atoms with Gasteiger partial charge in [0.1, 0.15) is 0 Å². The van der Waals surface area contributed by atoms with Gasteiger partial charge in [-0.2, -0.15) is 0 Å². The maximum Gasteiger partial charge on any atom is 0.0319 e. The van der Waals surface area contributed by atoms with Crippen molar-refractivity contribution in [1.82, 2.24) is 5.48 Å². The highest BCUT2D eigenvalue weighted by molar-refractivity contribution is 4.74. The number of hydrogen-bond acceptors (Lipinski definition) is 2. The zero-order chi connectivity index (χ0) is 8.10. The van der Waals surface area contributed by atoms with E-state index in [2.05, 4.69) is 12.4 Å². The average Bonchev–Trinajstić information content (AvgIpc) is 2.07. The van der Waals surface area contributed by atoms with Crippen LogP contribution in [0.1, 0.15) is 45.4 Å². The zero-order valence-corrected chi connectivity index (χ0v) is 7.34. The van der Waals surface area contributed by atoms with Crippen molar-refractivity contribution < 1.29 is 5.21 Å². The summed E-state index contributed by atoms with van der Waals surface area (Å²) >= 11 is 0. The molecule has 1 fully saturated rings. The Morgan fingerprint density at radius 3 is 2.36 bits per heavy atom. The summed E-state index contributed by atoms with van der Waals surface area (Å²) in [6.07, 6.45) is 7.58. The van der Waals surface area contributed by atoms with Gasteiger partial charge in [0.25, 0.3) is 0 Å². The predicted octanol–water partition coefficient (Wildman–Crippen LogP) is 2.32. The van der Waals surface area contributed by atoms with E-state index < -0.39 is 0 Å². The molecule has 0 aromatic heterocycles. The van der Waals surface area contributed by atoms with Crippen LogP contribution in [0.4, 0.5) is 0 Å². The van der Waals surface area contributed by atoms with Crippen LogP contribution in [0, 0.1) is 5.92 Å². The van der Waals surface area contributed by atoms with Crippen molar-refractivity contribution in [2.75, 3.05) is 0 Å². The summed E-state index contributed by atoms with van der Waals surface area (Å²) in [4.78, 5) is 0. The van der Waals surface area contributed by atoms with Crippen LogP contribution in [0.2, 0.25) is 0 Å². The van der Waals surface area contributed by atoms with Gasteiger partial charge >= 0.3 is 0 Å². The van der Waals surface area contributed by atoms with Crippen LogP contribution < -0.4 is 5.48 Å². The first-order chi connectivity index (χ1) is 5.36. The van der Waals surface area contributed by atoms with Crippen LogP contribution in [-0.2, 0) is 0 Å². The molecule has 0 aliphatic heterocycles. The average molecular weight is 157 g/mol. The summed E-state index contributed by atoms with van der Waals surface area (Å²) < 4.78 is 0. The molecule has 11 heavy (non-hydrogen) atoms. The minimum absolute atomic E-state index is 0.378. The minimum Gasteiger partial charge on any atom is -0.317 e. The fraction of sp³-hybridized carbons (Fsp3) is 1.00. The molecule has 0 radical (unpaired) electrons. The first-order valence-corrected chi connectivity index (χ1v) is 4.76. The first-order valence-electron chi connectivity index (χ1n) is 4.76. The van der Waals surface area contributed by atoms with Gasteiger partial charge < -0.3 is 5.21 Å². The summed E-state index contributed by atoms with van der Waals surface area (Å²) in [6.45, 7) is 2.25. The standard InChI is InChI=1S/C9H19NO/c1-2-3-8-4-6-9(10-11)7-5-8/h8-11H,2-7H2,1H3. The second kappa shape index (κ2) is 4.73. The second-order valence-electron chi connectivity index (χ2n) is 3.64. The molecule has 0 spiro atoms. The topological polar surface area (TPSA) is 32.3 Å². The molecule has 0 bridgehead atoms. The van der Waals surface area contributed by atoms with Crippen molar-refractivity contribution in [1.29, 1.82) is 0 Å². The van der Waals surface area contributed by atoms with Crippen LogP contribution in [-0.4, -0.2) is 11.2 Å². The normalized spacial score (nSPS) is 32.2. The van der Waals surface area contributed by atoms with Crippen molar-refractivity contribution in [2.24, 2.45) is 5.92 Å². The lowest BCUT2D eigenvalue weighted by molar-refractivity contribution is 0.0958. The van der Waals surface area contributed by atoms with Gasteiger partial charge in [0.2, 0.25) is 0 Å². The van der Waals surface area contributed by atoms with Crippen LogP contribution >= 0.6 is 0 Å². The number of hydrogen-bond donors (Lipinski definition) is 2. The molecule has 0 atom stereocenters. The Morgan fingerprint density at radius 1 is 1.27 bits per heavy atom. The lowest BCUT2D eigenvalue weighted by atomic mass is 9.84. The summed E-state index contributed by atoms with van der Waals surface area (Å²) in [7, 11) is 0. The maximum absolute atomic E-state index is 8.66. The first kappa shape index (κ1) is 9.01. The molecule has 0 aromatic carbocycles. The molecule has 2 heteroatoms. The van der Waals surface area contributed by atoms with Crippen LogP contribution in [0.25, 0.3) is 0 Å². The molecular formula is C9H19NO.